The number of aromatic hydroxyl groups is 1. The second-order valence-electron chi connectivity index (χ2n) is 13.6. The van der Waals surface area contributed by atoms with Gasteiger partial charge < -0.3 is 28.1 Å². The Bertz CT molecular complexity index is 1740. The fraction of sp³-hybridized carbons (Fsp3) is 0.529. The van der Waals surface area contributed by atoms with E-state index in [1.54, 1.807) is 38.1 Å². The third-order valence-corrected chi connectivity index (χ3v) is 15.6. The number of rotatable bonds is 12. The number of nitrogens with zero attached hydrogens (tertiary/aromatic N) is 1. The Labute approximate surface area is 288 Å². The van der Waals surface area contributed by atoms with E-state index in [1.807, 2.05) is 7.05 Å². The quantitative estimate of drug-likeness (QED) is 0.108. The molecule has 3 aromatic rings. The van der Waals surface area contributed by atoms with Crippen molar-refractivity contribution in [3.8, 4) is 22.8 Å². The standard InChI is InChI=1S/C34H48ClN2O9PSi/c1-10-42-33(40)21(3)36-47(41,43-11-2)45-28-19-26(39)31-25(38)18-27(22-14-12-13-15-24(22)35)44-32(31)30(28)23-16-17-37(7)20-29(23)46-48(8,9)34(4,5)6/h12-15,18-19,21,23,29,39H,10-11,16-17,20H2,1-9H3,(H,36,41)/t21-,23-,29?,47?/m0/s1. The highest BCUT2D eigenvalue weighted by atomic mass is 35.5. The van der Waals surface area contributed by atoms with Crippen molar-refractivity contribution in [2.75, 3.05) is 33.4 Å². The molecule has 1 saturated heterocycles. The number of phenols is 1. The van der Waals surface area contributed by atoms with E-state index in [1.165, 1.54) is 19.1 Å². The second kappa shape index (κ2) is 15.0. The fourth-order valence-electron chi connectivity index (χ4n) is 5.55. The van der Waals surface area contributed by atoms with Crippen molar-refractivity contribution in [3.63, 3.8) is 0 Å². The van der Waals surface area contributed by atoms with Gasteiger partial charge in [0, 0.05) is 35.7 Å². The van der Waals surface area contributed by atoms with Crippen molar-refractivity contribution in [1.82, 2.24) is 9.99 Å². The minimum Gasteiger partial charge on any atom is -0.507 e. The molecule has 0 saturated carbocycles. The van der Waals surface area contributed by atoms with Crippen molar-refractivity contribution in [1.29, 1.82) is 0 Å². The molecule has 2 unspecified atom stereocenters. The smallest absolute Gasteiger partial charge is 0.459 e. The van der Waals surface area contributed by atoms with Crippen LogP contribution < -0.4 is 15.0 Å². The highest BCUT2D eigenvalue weighted by molar-refractivity contribution is 7.52. The van der Waals surface area contributed by atoms with Gasteiger partial charge in [0.05, 0.1) is 24.3 Å². The number of fused-ring (bicyclic) bond motifs is 1. The minimum atomic E-state index is -4.29. The van der Waals surface area contributed by atoms with Gasteiger partial charge in [-0.3, -0.25) is 14.1 Å². The number of halogens is 1. The van der Waals surface area contributed by atoms with Crippen LogP contribution in [0.15, 0.2) is 45.6 Å². The summed E-state index contributed by atoms with van der Waals surface area (Å²) in [5.74, 6) is -1.34. The summed E-state index contributed by atoms with van der Waals surface area (Å²) in [5.41, 5.74) is 0.453. The Morgan fingerprint density at radius 3 is 2.52 bits per heavy atom. The van der Waals surface area contributed by atoms with Crippen molar-refractivity contribution < 1.29 is 37.1 Å². The lowest BCUT2D eigenvalue weighted by atomic mass is 9.85. The Balaban J connectivity index is 2.01. The molecule has 0 aliphatic carbocycles. The van der Waals surface area contributed by atoms with Gasteiger partial charge in [0.15, 0.2) is 13.7 Å². The molecule has 0 bridgehead atoms. The van der Waals surface area contributed by atoms with Crippen LogP contribution in [0.4, 0.5) is 0 Å². The average molecular weight is 723 g/mol. The van der Waals surface area contributed by atoms with Gasteiger partial charge in [-0.25, -0.2) is 4.57 Å². The lowest BCUT2D eigenvalue weighted by Crippen LogP contribution is -2.51. The maximum absolute atomic E-state index is 14.3. The number of hydrogen-bond donors (Lipinski definition) is 2. The van der Waals surface area contributed by atoms with Crippen LogP contribution in [0.2, 0.25) is 23.2 Å². The minimum absolute atomic E-state index is 0.0220. The topological polar surface area (TPSA) is 137 Å². The van der Waals surface area contributed by atoms with E-state index in [2.05, 4.69) is 43.9 Å². The molecule has 1 aliphatic heterocycles. The Kier molecular flexibility index (Phi) is 11.9. The molecule has 0 spiro atoms. The van der Waals surface area contributed by atoms with E-state index in [0.717, 1.165) is 0 Å². The molecule has 2 N–H and O–H groups in total. The molecule has 4 atom stereocenters. The summed E-state index contributed by atoms with van der Waals surface area (Å²) in [5, 5.41) is 14.2. The number of likely N-dealkylation sites (N-methyl/N-ethyl adjacent to an activating group) is 1. The van der Waals surface area contributed by atoms with Gasteiger partial charge in [0.1, 0.15) is 34.3 Å². The van der Waals surface area contributed by atoms with Crippen LogP contribution in [0.1, 0.15) is 59.4 Å². The van der Waals surface area contributed by atoms with E-state index in [4.69, 9.17) is 34.2 Å². The Morgan fingerprint density at radius 2 is 1.90 bits per heavy atom. The van der Waals surface area contributed by atoms with Crippen LogP contribution in [0.25, 0.3) is 22.3 Å². The van der Waals surface area contributed by atoms with Gasteiger partial charge in [-0.1, -0.05) is 44.5 Å². The number of benzene rings is 2. The molecule has 0 amide bonds. The summed E-state index contributed by atoms with van der Waals surface area (Å²) < 4.78 is 44.8. The highest BCUT2D eigenvalue weighted by Crippen LogP contribution is 2.52. The Hall–Kier alpha value is -2.70. The van der Waals surface area contributed by atoms with E-state index < -0.39 is 45.2 Å². The lowest BCUT2D eigenvalue weighted by Gasteiger charge is -2.45. The number of esters is 1. The van der Waals surface area contributed by atoms with E-state index >= 15 is 0 Å². The highest BCUT2D eigenvalue weighted by Gasteiger charge is 2.44. The van der Waals surface area contributed by atoms with Crippen molar-refractivity contribution in [3.05, 3.63) is 57.2 Å². The molecule has 264 valence electrons. The molecular weight excluding hydrogens is 675 g/mol. The number of phenolic OH excluding ortho intramolecular Hbond substituents is 1. The number of hydrogen-bond acceptors (Lipinski definition) is 10. The van der Waals surface area contributed by atoms with Gasteiger partial charge in [-0.15, -0.1) is 0 Å². The number of carbonyl (C=O) groups is 1. The predicted octanol–water partition coefficient (Wildman–Crippen LogP) is 7.69. The van der Waals surface area contributed by atoms with Gasteiger partial charge in [0.25, 0.3) is 0 Å². The molecule has 11 nitrogen and oxygen atoms in total. The molecule has 1 fully saturated rings. The van der Waals surface area contributed by atoms with E-state index in [-0.39, 0.29) is 46.8 Å². The maximum Gasteiger partial charge on any atom is 0.459 e. The molecule has 14 heteroatoms. The third kappa shape index (κ3) is 8.35. The zero-order valence-corrected chi connectivity index (χ0v) is 31.9. The second-order valence-corrected chi connectivity index (χ2v) is 20.5. The van der Waals surface area contributed by atoms with Crippen LogP contribution in [0.5, 0.6) is 11.5 Å². The van der Waals surface area contributed by atoms with Crippen LogP contribution in [-0.2, 0) is 23.0 Å². The van der Waals surface area contributed by atoms with Crippen molar-refractivity contribution in [2.45, 2.75) is 84.2 Å². The van der Waals surface area contributed by atoms with Crippen LogP contribution in [0.3, 0.4) is 0 Å². The van der Waals surface area contributed by atoms with Crippen LogP contribution in [-0.4, -0.2) is 69.8 Å². The first-order valence-corrected chi connectivity index (χ1v) is 21.1. The summed E-state index contributed by atoms with van der Waals surface area (Å²) in [4.78, 5) is 28.4. The van der Waals surface area contributed by atoms with Crippen LogP contribution in [0, 0.1) is 0 Å². The summed E-state index contributed by atoms with van der Waals surface area (Å²) in [6, 6.07) is 8.46. The number of piperidine rings is 1. The summed E-state index contributed by atoms with van der Waals surface area (Å²) in [6.45, 7) is 17.0. The van der Waals surface area contributed by atoms with Gasteiger partial charge in [0.2, 0.25) is 0 Å². The lowest BCUT2D eigenvalue weighted by molar-refractivity contribution is -0.144. The molecule has 2 aromatic carbocycles. The molecule has 2 heterocycles. The average Bonchev–Trinajstić information content (AvgIpc) is 2.97. The normalized spacial score (nSPS) is 19.5. The summed E-state index contributed by atoms with van der Waals surface area (Å²) >= 11 is 6.53. The molecule has 1 aliphatic rings. The van der Waals surface area contributed by atoms with Gasteiger partial charge >= 0.3 is 13.7 Å². The van der Waals surface area contributed by atoms with E-state index in [9.17, 15) is 19.3 Å². The zero-order chi connectivity index (χ0) is 35.6. The monoisotopic (exact) mass is 722 g/mol. The maximum atomic E-state index is 14.3. The summed E-state index contributed by atoms with van der Waals surface area (Å²) in [7, 11) is -4.61. The zero-order valence-electron chi connectivity index (χ0n) is 29.2. The number of nitrogens with one attached hydrogen (secondary N) is 1. The molecule has 1 aromatic heterocycles. The molecule has 4 rings (SSSR count). The Morgan fingerprint density at radius 1 is 1.21 bits per heavy atom. The SMILES string of the molecule is CCOC(=O)[C@H](C)NP(=O)(OCC)Oc1cc(O)c2c(=O)cc(-c3ccccc3Cl)oc2c1[C@H]1CCN(C)CC1O[Si](C)(C)C(C)(C)C. The fourth-order valence-corrected chi connectivity index (χ4v) is 8.64. The van der Waals surface area contributed by atoms with Gasteiger partial charge in [-0.05, 0) is 71.0 Å². The van der Waals surface area contributed by atoms with Crippen molar-refractivity contribution >= 4 is 44.6 Å². The first-order chi connectivity index (χ1) is 22.4. The number of likely N-dealkylation sites (tertiary alicyclic amines) is 1. The first kappa shape index (κ1) is 38.1. The van der Waals surface area contributed by atoms with Gasteiger partial charge in [-0.2, -0.15) is 5.09 Å². The summed E-state index contributed by atoms with van der Waals surface area (Å²) in [6.07, 6.45) is 0.185. The molecular formula is C34H48ClN2O9PSi. The van der Waals surface area contributed by atoms with Crippen LogP contribution >= 0.6 is 19.3 Å². The van der Waals surface area contributed by atoms with E-state index in [0.29, 0.717) is 35.7 Å². The molecule has 48 heavy (non-hydrogen) atoms. The van der Waals surface area contributed by atoms with Crippen molar-refractivity contribution in [2.24, 2.45) is 0 Å². The largest absolute Gasteiger partial charge is 0.507 e. The third-order valence-electron chi connectivity index (χ3n) is 9.02. The number of carbonyl (C=O) groups excluding carboxylic acids is 1. The predicted molar refractivity (Wildman–Crippen MR) is 191 cm³/mol. The molecule has 0 radical (unpaired) electrons. The number of ether oxygens (including phenoxy) is 1. The first-order valence-electron chi connectivity index (χ1n) is 16.2.